The van der Waals surface area contributed by atoms with Gasteiger partial charge in [0.15, 0.2) is 0 Å². The monoisotopic (exact) mass is 1150 g/mol. The standard InChI is InChI=1S/C18H30N4O5.C14H22N4O5.C11H17ClN2O3.C7H14N2O2.CH4.2H2/c1-6-8-22(13-15(23)19-27-18(3,4)5)16(24)14-20-9-11-21(12-10-20)17(25)26-7-2;1-3-5-18(10-12(19)15-22)13(20)11-16-6-8-17(9-7-16)14(21)23-4-2;1-5-6-14(10(16)7-12)8-9(15)13-17-11(2,3)4;1-2-11-7(10)9-5-3-8-4-6-9;;;/h1H,7-14H2,2-5H3,(H,19,23);1,22H,4-11H2,2H3,(H,15,19);1H,6-8H2,2-4H3,(H,13,15);8H,2-6H2,1H3;1H4;2*1H. The number of alkyl halides is 1. The number of nitrogens with one attached hydrogen (secondary N) is 4. The zero-order valence-electron chi connectivity index (χ0n) is 46.8. The van der Waals surface area contributed by atoms with Gasteiger partial charge in [-0.05, 0) is 62.3 Å². The van der Waals surface area contributed by atoms with Crippen molar-refractivity contribution in [1.29, 1.82) is 0 Å². The summed E-state index contributed by atoms with van der Waals surface area (Å²) in [5, 5.41) is 11.7. The quantitative estimate of drug-likeness (QED) is 0.0387. The van der Waals surface area contributed by atoms with Gasteiger partial charge in [0.2, 0.25) is 17.7 Å². The van der Waals surface area contributed by atoms with Crippen LogP contribution in [0, 0.1) is 37.0 Å². The first-order chi connectivity index (χ1) is 36.8. The SMILES string of the molecule is C.C#CCN(CC(=O)NO)C(=O)CN1CCN(C(=O)OCC)CC1.C#CCN(CC(=O)NOC(C)(C)C)C(=O)CCl.C#CCN(CC(=O)NOC(C)(C)C)C(=O)CN1CCN(C(=O)OCC)CC1.CCOC(=O)N1CCNCC1.[HH].[HH]. The molecule has 0 aliphatic carbocycles. The summed E-state index contributed by atoms with van der Waals surface area (Å²) in [5.41, 5.74) is 5.01. The fraction of sp³-hybridized carbons (Fsp3) is 0.706. The van der Waals surface area contributed by atoms with Gasteiger partial charge >= 0.3 is 18.3 Å². The number of carbonyl (C=O) groups excluding carboxylic acids is 9. The smallest absolute Gasteiger partial charge is 0.409 e. The molecule has 3 aliphatic rings. The van der Waals surface area contributed by atoms with Crippen LogP contribution in [0.1, 0.15) is 72.6 Å². The zero-order chi connectivity index (χ0) is 59.3. The average Bonchev–Trinajstić information content (AvgIpc) is 3.40. The van der Waals surface area contributed by atoms with E-state index in [-0.39, 0.29) is 98.6 Å². The third-order valence-electron chi connectivity index (χ3n) is 10.2. The summed E-state index contributed by atoms with van der Waals surface area (Å²) in [6, 6.07) is 0. The molecule has 9 amide bonds. The molecule has 79 heavy (non-hydrogen) atoms. The second-order valence-electron chi connectivity index (χ2n) is 18.9. The Kier molecular flexibility index (Phi) is 39.0. The minimum atomic E-state index is -0.708. The first-order valence-electron chi connectivity index (χ1n) is 25.3. The first-order valence-corrected chi connectivity index (χ1v) is 25.8. The number of amides is 9. The minimum Gasteiger partial charge on any atom is -0.450 e. The highest BCUT2D eigenvalue weighted by atomic mass is 35.5. The van der Waals surface area contributed by atoms with Gasteiger partial charge in [-0.25, -0.2) is 30.8 Å². The van der Waals surface area contributed by atoms with Gasteiger partial charge < -0.3 is 48.9 Å². The van der Waals surface area contributed by atoms with Crippen LogP contribution in [0.2, 0.25) is 0 Å². The second-order valence-corrected chi connectivity index (χ2v) is 19.1. The number of hydrogen-bond acceptors (Lipinski definition) is 18. The lowest BCUT2D eigenvalue weighted by Crippen LogP contribution is -2.52. The first kappa shape index (κ1) is 74.4. The highest BCUT2D eigenvalue weighted by Gasteiger charge is 2.28. The van der Waals surface area contributed by atoms with Crippen molar-refractivity contribution < 1.29 is 75.1 Å². The number of hydrogen-bond donors (Lipinski definition) is 5. The van der Waals surface area contributed by atoms with E-state index in [0.717, 1.165) is 26.2 Å². The molecular weight excluding hydrogens is 1060 g/mol. The summed E-state index contributed by atoms with van der Waals surface area (Å²) in [7, 11) is 0. The Bertz CT molecular complexity index is 2030. The van der Waals surface area contributed by atoms with E-state index in [0.29, 0.717) is 72.2 Å². The molecule has 28 heteroatoms. The number of carbonyl (C=O) groups is 9. The van der Waals surface area contributed by atoms with E-state index < -0.39 is 34.8 Å². The summed E-state index contributed by atoms with van der Waals surface area (Å²) in [6.07, 6.45) is 14.7. The van der Waals surface area contributed by atoms with Crippen LogP contribution in [0.3, 0.4) is 0 Å². The Balaban J connectivity index is -0.000000502. The van der Waals surface area contributed by atoms with Gasteiger partial charge in [0.05, 0.1) is 63.7 Å². The number of terminal acetylenes is 3. The van der Waals surface area contributed by atoms with Crippen LogP contribution in [0.5, 0.6) is 0 Å². The van der Waals surface area contributed by atoms with Crippen LogP contribution in [0.25, 0.3) is 0 Å². The number of hydroxylamine groups is 3. The maximum Gasteiger partial charge on any atom is 0.409 e. The van der Waals surface area contributed by atoms with Crippen molar-refractivity contribution in [3.8, 4) is 37.0 Å². The Hall–Kier alpha value is -6.64. The molecule has 3 heterocycles. The van der Waals surface area contributed by atoms with Crippen LogP contribution < -0.4 is 21.8 Å². The van der Waals surface area contributed by atoms with E-state index >= 15 is 0 Å². The molecule has 3 saturated heterocycles. The van der Waals surface area contributed by atoms with Crippen molar-refractivity contribution in [2.75, 3.05) is 157 Å². The molecule has 0 atom stereocenters. The molecule has 0 unspecified atom stereocenters. The molecular formula is C51H91ClN12O15. The molecule has 0 radical (unpaired) electrons. The number of nitrogens with zero attached hydrogens (tertiary/aromatic N) is 8. The van der Waals surface area contributed by atoms with E-state index in [1.807, 2.05) is 16.7 Å². The Morgan fingerprint density at radius 3 is 1.13 bits per heavy atom. The average molecular weight is 1150 g/mol. The highest BCUT2D eigenvalue weighted by molar-refractivity contribution is 6.27. The van der Waals surface area contributed by atoms with Crippen LogP contribution in [0.4, 0.5) is 14.4 Å². The molecule has 0 bridgehead atoms. The molecule has 0 spiro atoms. The summed E-state index contributed by atoms with van der Waals surface area (Å²) in [6.45, 7) is 24.2. The normalized spacial score (nSPS) is 14.2. The lowest BCUT2D eigenvalue weighted by molar-refractivity contribution is -0.150. The summed E-state index contributed by atoms with van der Waals surface area (Å²) in [5.74, 6) is 4.23. The molecule has 0 aromatic heterocycles. The van der Waals surface area contributed by atoms with E-state index in [4.69, 9.17) is 60.0 Å². The van der Waals surface area contributed by atoms with Gasteiger partial charge in [-0.3, -0.25) is 53.4 Å². The summed E-state index contributed by atoms with van der Waals surface area (Å²) < 4.78 is 14.7. The fourth-order valence-electron chi connectivity index (χ4n) is 6.40. The lowest BCUT2D eigenvalue weighted by Gasteiger charge is -2.34. The van der Waals surface area contributed by atoms with Crippen molar-refractivity contribution in [3.05, 3.63) is 0 Å². The molecule has 0 aromatic carbocycles. The third-order valence-corrected chi connectivity index (χ3v) is 10.5. The Labute approximate surface area is 474 Å². The number of rotatable bonds is 19. The fourth-order valence-corrected chi connectivity index (χ4v) is 6.57. The van der Waals surface area contributed by atoms with Crippen molar-refractivity contribution in [1.82, 2.24) is 61.0 Å². The van der Waals surface area contributed by atoms with Gasteiger partial charge in [0.25, 0.3) is 17.7 Å². The minimum absolute atomic E-state index is 0. The van der Waals surface area contributed by atoms with Gasteiger partial charge in [0, 0.05) is 81.4 Å². The van der Waals surface area contributed by atoms with Crippen LogP contribution in [0.15, 0.2) is 0 Å². The molecule has 3 aliphatic heterocycles. The van der Waals surface area contributed by atoms with Gasteiger partial charge in [-0.1, -0.05) is 25.2 Å². The highest BCUT2D eigenvalue weighted by Crippen LogP contribution is 2.08. The molecule has 27 nitrogen and oxygen atoms in total. The van der Waals surface area contributed by atoms with Crippen LogP contribution in [-0.2, 0) is 52.7 Å². The van der Waals surface area contributed by atoms with E-state index in [1.54, 1.807) is 70.1 Å². The third kappa shape index (κ3) is 34.8. The topological polar surface area (TPSA) is 294 Å². The molecule has 5 N–H and O–H groups in total. The molecule has 3 rings (SSSR count). The van der Waals surface area contributed by atoms with Crippen molar-refractivity contribution in [3.63, 3.8) is 0 Å². The Morgan fingerprint density at radius 2 is 0.848 bits per heavy atom. The van der Waals surface area contributed by atoms with Gasteiger partial charge in [0.1, 0.15) is 25.5 Å². The maximum atomic E-state index is 12.5. The van der Waals surface area contributed by atoms with Gasteiger partial charge in [-0.15, -0.1) is 30.9 Å². The second kappa shape index (κ2) is 41.4. The van der Waals surface area contributed by atoms with Crippen molar-refractivity contribution in [2.45, 2.75) is 80.9 Å². The molecule has 0 saturated carbocycles. The van der Waals surface area contributed by atoms with E-state index in [9.17, 15) is 43.2 Å². The van der Waals surface area contributed by atoms with E-state index in [1.165, 1.54) is 20.2 Å². The summed E-state index contributed by atoms with van der Waals surface area (Å²) >= 11 is 5.39. The zero-order valence-corrected chi connectivity index (χ0v) is 47.6. The van der Waals surface area contributed by atoms with Crippen molar-refractivity contribution in [2.24, 2.45) is 0 Å². The van der Waals surface area contributed by atoms with Crippen LogP contribution >= 0.6 is 11.6 Å². The number of piperazine rings is 3. The molecule has 0 aromatic rings. The predicted molar refractivity (Wildman–Crippen MR) is 297 cm³/mol. The Morgan fingerprint density at radius 1 is 0.544 bits per heavy atom. The number of ether oxygens (including phenoxy) is 3. The molecule has 452 valence electrons. The van der Waals surface area contributed by atoms with Crippen LogP contribution in [-0.4, -0.2) is 266 Å². The summed E-state index contributed by atoms with van der Waals surface area (Å²) in [4.78, 5) is 128. The predicted octanol–water partition coefficient (Wildman–Crippen LogP) is 0.506. The maximum absolute atomic E-state index is 12.5. The number of halogens is 1. The molecule has 3 fully saturated rings. The van der Waals surface area contributed by atoms with Gasteiger partial charge in [-0.2, -0.15) is 0 Å². The van der Waals surface area contributed by atoms with Crippen molar-refractivity contribution >= 4 is 65.3 Å². The lowest BCUT2D eigenvalue weighted by atomic mass is 10.2. The largest absolute Gasteiger partial charge is 0.450 e. The van der Waals surface area contributed by atoms with E-state index in [2.05, 4.69) is 34.0 Å².